The lowest BCUT2D eigenvalue weighted by molar-refractivity contribution is -0.161. The fourth-order valence-electron chi connectivity index (χ4n) is 3.55. The third-order valence-corrected chi connectivity index (χ3v) is 5.13. The van der Waals surface area contributed by atoms with Crippen LogP contribution in [0.5, 0.6) is 0 Å². The molecular weight excluding hydrogens is 216 g/mol. The summed E-state index contributed by atoms with van der Waals surface area (Å²) in [5.41, 5.74) is -0.547. The van der Waals surface area contributed by atoms with Crippen LogP contribution in [-0.4, -0.2) is 23.3 Å². The van der Waals surface area contributed by atoms with E-state index < -0.39 is 11.4 Å². The standard InChI is InChI=1S/C14H24O3/c1-3-13(2,12(15)16)11-6-9-17-14(10-11)7-4-5-8-14/h11H,3-10H2,1-2H3,(H,15,16). The van der Waals surface area contributed by atoms with Gasteiger partial charge < -0.3 is 9.84 Å². The number of carbonyl (C=O) groups is 1. The fraction of sp³-hybridized carbons (Fsp3) is 0.929. The Labute approximate surface area is 104 Å². The molecule has 2 rings (SSSR count). The van der Waals surface area contributed by atoms with Crippen molar-refractivity contribution in [3.8, 4) is 0 Å². The van der Waals surface area contributed by atoms with Crippen molar-refractivity contribution in [1.82, 2.24) is 0 Å². The zero-order chi connectivity index (χ0) is 12.5. The molecule has 1 heterocycles. The first kappa shape index (κ1) is 12.9. The van der Waals surface area contributed by atoms with Gasteiger partial charge in [0.2, 0.25) is 0 Å². The highest BCUT2D eigenvalue weighted by Gasteiger charge is 2.48. The van der Waals surface area contributed by atoms with Gasteiger partial charge in [-0.15, -0.1) is 0 Å². The van der Waals surface area contributed by atoms with Crippen molar-refractivity contribution >= 4 is 5.97 Å². The van der Waals surface area contributed by atoms with Crippen molar-refractivity contribution in [2.24, 2.45) is 11.3 Å². The van der Waals surface area contributed by atoms with Gasteiger partial charge in [0.1, 0.15) is 0 Å². The summed E-state index contributed by atoms with van der Waals surface area (Å²) in [6.07, 6.45) is 7.29. The molecule has 3 heteroatoms. The SMILES string of the molecule is CCC(C)(C(=O)O)C1CCOC2(CCCC2)C1. The Hall–Kier alpha value is -0.570. The van der Waals surface area contributed by atoms with Crippen molar-refractivity contribution in [1.29, 1.82) is 0 Å². The molecule has 1 N–H and O–H groups in total. The van der Waals surface area contributed by atoms with E-state index in [1.54, 1.807) is 0 Å². The molecule has 1 aliphatic carbocycles. The van der Waals surface area contributed by atoms with Crippen LogP contribution in [-0.2, 0) is 9.53 Å². The molecule has 3 nitrogen and oxygen atoms in total. The highest BCUT2D eigenvalue weighted by atomic mass is 16.5. The second kappa shape index (κ2) is 4.60. The number of hydrogen-bond acceptors (Lipinski definition) is 2. The summed E-state index contributed by atoms with van der Waals surface area (Å²) >= 11 is 0. The number of aliphatic carboxylic acids is 1. The summed E-state index contributed by atoms with van der Waals surface area (Å²) in [7, 11) is 0. The maximum absolute atomic E-state index is 11.5. The first-order chi connectivity index (χ1) is 8.02. The maximum atomic E-state index is 11.5. The minimum atomic E-state index is -0.639. The highest BCUT2D eigenvalue weighted by Crippen LogP contribution is 2.48. The average Bonchev–Trinajstić information content (AvgIpc) is 2.76. The van der Waals surface area contributed by atoms with Crippen molar-refractivity contribution in [2.45, 2.75) is 64.4 Å². The summed E-state index contributed by atoms with van der Waals surface area (Å²) in [5, 5.41) is 9.48. The van der Waals surface area contributed by atoms with E-state index in [0.717, 1.165) is 32.3 Å². The number of hydrogen-bond donors (Lipinski definition) is 1. The van der Waals surface area contributed by atoms with Crippen LogP contribution in [0.1, 0.15) is 58.8 Å². The van der Waals surface area contributed by atoms with Gasteiger partial charge in [-0.2, -0.15) is 0 Å². The Morgan fingerprint density at radius 3 is 2.65 bits per heavy atom. The minimum Gasteiger partial charge on any atom is -0.481 e. The maximum Gasteiger partial charge on any atom is 0.309 e. The van der Waals surface area contributed by atoms with E-state index in [4.69, 9.17) is 4.74 Å². The Morgan fingerprint density at radius 1 is 1.47 bits per heavy atom. The molecule has 0 aromatic carbocycles. The molecule has 0 bridgehead atoms. The first-order valence-corrected chi connectivity index (χ1v) is 6.90. The largest absolute Gasteiger partial charge is 0.481 e. The smallest absolute Gasteiger partial charge is 0.309 e. The van der Waals surface area contributed by atoms with Crippen LogP contribution in [0.2, 0.25) is 0 Å². The minimum absolute atomic E-state index is 0.0226. The summed E-state index contributed by atoms with van der Waals surface area (Å²) in [5.74, 6) is -0.364. The van der Waals surface area contributed by atoms with Gasteiger partial charge in [0.25, 0.3) is 0 Å². The summed E-state index contributed by atoms with van der Waals surface area (Å²) in [4.78, 5) is 11.5. The van der Waals surface area contributed by atoms with Crippen LogP contribution in [0.3, 0.4) is 0 Å². The van der Waals surface area contributed by atoms with Gasteiger partial charge >= 0.3 is 5.97 Å². The number of carboxylic acids is 1. The zero-order valence-corrected chi connectivity index (χ0v) is 11.0. The van der Waals surface area contributed by atoms with Crippen LogP contribution in [0.15, 0.2) is 0 Å². The summed E-state index contributed by atoms with van der Waals surface area (Å²) < 4.78 is 5.98. The molecule has 1 saturated carbocycles. The quantitative estimate of drug-likeness (QED) is 0.823. The molecule has 0 amide bonds. The number of ether oxygens (including phenoxy) is 1. The van der Waals surface area contributed by atoms with Gasteiger partial charge in [-0.25, -0.2) is 0 Å². The predicted octanol–water partition coefficient (Wildman–Crippen LogP) is 3.23. The molecule has 0 aromatic rings. The lowest BCUT2D eigenvalue weighted by Crippen LogP contribution is -2.45. The van der Waals surface area contributed by atoms with Crippen molar-refractivity contribution in [2.75, 3.05) is 6.61 Å². The van der Waals surface area contributed by atoms with Gasteiger partial charge in [0.15, 0.2) is 0 Å². The molecular formula is C14H24O3. The van der Waals surface area contributed by atoms with Crippen LogP contribution < -0.4 is 0 Å². The van der Waals surface area contributed by atoms with Gasteiger partial charge in [-0.05, 0) is 44.9 Å². The molecule has 2 atom stereocenters. The Kier molecular flexibility index (Phi) is 3.48. The second-order valence-corrected chi connectivity index (χ2v) is 6.00. The van der Waals surface area contributed by atoms with Crippen molar-refractivity contribution < 1.29 is 14.6 Å². The van der Waals surface area contributed by atoms with Crippen LogP contribution in [0.4, 0.5) is 0 Å². The van der Waals surface area contributed by atoms with E-state index in [1.807, 2.05) is 13.8 Å². The van der Waals surface area contributed by atoms with E-state index in [2.05, 4.69) is 0 Å². The lowest BCUT2D eigenvalue weighted by Gasteiger charge is -2.44. The van der Waals surface area contributed by atoms with Gasteiger partial charge in [0, 0.05) is 6.61 Å². The molecule has 98 valence electrons. The topological polar surface area (TPSA) is 46.5 Å². The van der Waals surface area contributed by atoms with Crippen molar-refractivity contribution in [3.63, 3.8) is 0 Å². The van der Waals surface area contributed by atoms with E-state index >= 15 is 0 Å². The molecule has 2 aliphatic rings. The van der Waals surface area contributed by atoms with Crippen LogP contribution >= 0.6 is 0 Å². The summed E-state index contributed by atoms with van der Waals surface area (Å²) in [6, 6.07) is 0. The molecule has 1 spiro atoms. The molecule has 2 unspecified atom stereocenters. The molecule has 0 radical (unpaired) electrons. The van der Waals surface area contributed by atoms with E-state index in [9.17, 15) is 9.90 Å². The molecule has 1 saturated heterocycles. The molecule has 2 fully saturated rings. The molecule has 0 aromatic heterocycles. The van der Waals surface area contributed by atoms with Gasteiger partial charge in [-0.3, -0.25) is 4.79 Å². The number of rotatable bonds is 3. The van der Waals surface area contributed by atoms with Crippen molar-refractivity contribution in [3.05, 3.63) is 0 Å². The third kappa shape index (κ3) is 2.22. The van der Waals surface area contributed by atoms with Gasteiger partial charge in [0.05, 0.1) is 11.0 Å². The van der Waals surface area contributed by atoms with E-state index in [0.29, 0.717) is 6.42 Å². The second-order valence-electron chi connectivity index (χ2n) is 6.00. The normalized spacial score (nSPS) is 31.3. The fourth-order valence-corrected chi connectivity index (χ4v) is 3.55. The average molecular weight is 240 g/mol. The Morgan fingerprint density at radius 2 is 2.12 bits per heavy atom. The van der Waals surface area contributed by atoms with Gasteiger partial charge in [-0.1, -0.05) is 19.8 Å². The number of carboxylic acid groups (broad SMARTS) is 1. The van der Waals surface area contributed by atoms with E-state index in [1.165, 1.54) is 12.8 Å². The van der Waals surface area contributed by atoms with E-state index in [-0.39, 0.29) is 11.5 Å². The van der Waals surface area contributed by atoms with Crippen LogP contribution in [0.25, 0.3) is 0 Å². The van der Waals surface area contributed by atoms with Crippen LogP contribution in [0, 0.1) is 11.3 Å². The Balaban J connectivity index is 2.13. The predicted molar refractivity (Wildman–Crippen MR) is 65.9 cm³/mol. The third-order valence-electron chi connectivity index (χ3n) is 5.13. The zero-order valence-electron chi connectivity index (χ0n) is 11.0. The monoisotopic (exact) mass is 240 g/mol. The molecule has 1 aliphatic heterocycles. The molecule has 17 heavy (non-hydrogen) atoms. The highest BCUT2D eigenvalue weighted by molar-refractivity contribution is 5.74. The first-order valence-electron chi connectivity index (χ1n) is 6.90. The Bertz CT molecular complexity index is 294. The summed E-state index contributed by atoms with van der Waals surface area (Å²) in [6.45, 7) is 4.65. The lowest BCUT2D eigenvalue weighted by atomic mass is 9.67.